The van der Waals surface area contributed by atoms with Crippen LogP contribution in [0.2, 0.25) is 0 Å². The van der Waals surface area contributed by atoms with Gasteiger partial charge >= 0.3 is 0 Å². The molecule has 0 radical (unpaired) electrons. The Hall–Kier alpha value is -1.93. The standard InChI is InChI=1S/C16H21F4N3O2/c1-3-16(19,20)10(2)25-14-5-12(22-9-23-14)8-21-13(24)4-11-6-15(17,18)7-11/h5,9-11H,3-4,6-8H2,1-2H3,(H,21,24). The highest BCUT2D eigenvalue weighted by Gasteiger charge is 2.45. The highest BCUT2D eigenvalue weighted by molar-refractivity contribution is 5.76. The third-order valence-corrected chi connectivity index (χ3v) is 4.18. The van der Waals surface area contributed by atoms with Gasteiger partial charge in [-0.1, -0.05) is 6.92 Å². The number of nitrogens with one attached hydrogen (secondary N) is 1. The summed E-state index contributed by atoms with van der Waals surface area (Å²) in [5.74, 6) is -6.31. The van der Waals surface area contributed by atoms with Gasteiger partial charge in [-0.15, -0.1) is 0 Å². The van der Waals surface area contributed by atoms with E-state index in [9.17, 15) is 22.4 Å². The van der Waals surface area contributed by atoms with Gasteiger partial charge in [0.05, 0.1) is 12.2 Å². The van der Waals surface area contributed by atoms with Crippen molar-refractivity contribution in [1.29, 1.82) is 0 Å². The van der Waals surface area contributed by atoms with Gasteiger partial charge in [0.15, 0.2) is 6.10 Å². The smallest absolute Gasteiger partial charge is 0.283 e. The van der Waals surface area contributed by atoms with Gasteiger partial charge in [0.2, 0.25) is 17.7 Å². The molecule has 0 spiro atoms. The minimum Gasteiger partial charge on any atom is -0.468 e. The van der Waals surface area contributed by atoms with Crippen LogP contribution < -0.4 is 10.1 Å². The summed E-state index contributed by atoms with van der Waals surface area (Å²) >= 11 is 0. The number of amides is 1. The molecule has 1 heterocycles. The highest BCUT2D eigenvalue weighted by atomic mass is 19.3. The SMILES string of the molecule is CCC(F)(F)C(C)Oc1cc(CNC(=O)CC2CC(F)(F)C2)ncn1. The maximum absolute atomic E-state index is 13.5. The summed E-state index contributed by atoms with van der Waals surface area (Å²) in [6, 6.07) is 1.36. The molecule has 1 aliphatic carbocycles. The zero-order chi connectivity index (χ0) is 18.7. The van der Waals surface area contributed by atoms with Crippen LogP contribution in [0.15, 0.2) is 12.4 Å². The summed E-state index contributed by atoms with van der Waals surface area (Å²) in [4.78, 5) is 19.4. The Kier molecular flexibility index (Phi) is 5.84. The molecule has 2 rings (SSSR count). The monoisotopic (exact) mass is 363 g/mol. The molecule has 0 saturated heterocycles. The number of carbonyl (C=O) groups is 1. The molecule has 0 bridgehead atoms. The van der Waals surface area contributed by atoms with E-state index in [-0.39, 0.29) is 49.9 Å². The quantitative estimate of drug-likeness (QED) is 0.720. The van der Waals surface area contributed by atoms with E-state index in [1.54, 1.807) is 0 Å². The molecule has 5 nitrogen and oxygen atoms in total. The van der Waals surface area contributed by atoms with Crippen LogP contribution in [0, 0.1) is 5.92 Å². The van der Waals surface area contributed by atoms with Crippen LogP contribution in [0.4, 0.5) is 17.6 Å². The van der Waals surface area contributed by atoms with Gasteiger partial charge in [-0.25, -0.2) is 27.5 Å². The first-order chi connectivity index (χ1) is 11.6. The summed E-state index contributed by atoms with van der Waals surface area (Å²) in [5, 5.41) is 2.57. The molecule has 1 amide bonds. The lowest BCUT2D eigenvalue weighted by atomic mass is 9.79. The predicted octanol–water partition coefficient (Wildman–Crippen LogP) is 3.34. The lowest BCUT2D eigenvalue weighted by molar-refractivity contribution is -0.133. The third-order valence-electron chi connectivity index (χ3n) is 4.18. The molecular weight excluding hydrogens is 342 g/mol. The van der Waals surface area contributed by atoms with Crippen LogP contribution in [0.25, 0.3) is 0 Å². The lowest BCUT2D eigenvalue weighted by Crippen LogP contribution is -2.38. The van der Waals surface area contributed by atoms with Crippen LogP contribution in [-0.4, -0.2) is 33.8 Å². The van der Waals surface area contributed by atoms with Crippen LogP contribution in [-0.2, 0) is 11.3 Å². The minimum absolute atomic E-state index is 0.0153. The second kappa shape index (κ2) is 7.53. The molecule has 0 aromatic carbocycles. The van der Waals surface area contributed by atoms with Crippen molar-refractivity contribution in [3.05, 3.63) is 18.1 Å². The summed E-state index contributed by atoms with van der Waals surface area (Å²) < 4.78 is 57.6. The van der Waals surface area contributed by atoms with Crippen molar-refractivity contribution in [2.24, 2.45) is 5.92 Å². The lowest BCUT2D eigenvalue weighted by Gasteiger charge is -2.34. The number of aromatic nitrogens is 2. The van der Waals surface area contributed by atoms with Crippen molar-refractivity contribution >= 4 is 5.91 Å². The van der Waals surface area contributed by atoms with E-state index in [2.05, 4.69) is 15.3 Å². The number of rotatable bonds is 8. The number of hydrogen-bond donors (Lipinski definition) is 1. The molecule has 25 heavy (non-hydrogen) atoms. The van der Waals surface area contributed by atoms with E-state index in [0.717, 1.165) is 6.33 Å². The number of ether oxygens (including phenoxy) is 1. The van der Waals surface area contributed by atoms with Crippen LogP contribution in [0.3, 0.4) is 0 Å². The molecule has 1 unspecified atom stereocenters. The van der Waals surface area contributed by atoms with Crippen molar-refractivity contribution in [3.8, 4) is 5.88 Å². The first-order valence-corrected chi connectivity index (χ1v) is 8.11. The topological polar surface area (TPSA) is 64.1 Å². The Morgan fingerprint density at radius 1 is 1.44 bits per heavy atom. The summed E-state index contributed by atoms with van der Waals surface area (Å²) in [5.41, 5.74) is 0.379. The Labute approximate surface area is 143 Å². The fourth-order valence-electron chi connectivity index (χ4n) is 2.55. The van der Waals surface area contributed by atoms with Gasteiger partial charge < -0.3 is 10.1 Å². The normalized spacial score (nSPS) is 18.3. The Balaban J connectivity index is 1.82. The number of halogens is 4. The Morgan fingerprint density at radius 2 is 2.12 bits per heavy atom. The largest absolute Gasteiger partial charge is 0.468 e. The molecule has 0 aliphatic heterocycles. The fourth-order valence-corrected chi connectivity index (χ4v) is 2.55. The number of alkyl halides is 4. The first-order valence-electron chi connectivity index (χ1n) is 8.11. The molecule has 140 valence electrons. The van der Waals surface area contributed by atoms with Crippen molar-refractivity contribution in [2.45, 2.75) is 64.0 Å². The summed E-state index contributed by atoms with van der Waals surface area (Å²) in [6.45, 7) is 2.65. The number of hydrogen-bond acceptors (Lipinski definition) is 4. The van der Waals surface area contributed by atoms with Gasteiger partial charge in [-0.2, -0.15) is 0 Å². The summed E-state index contributed by atoms with van der Waals surface area (Å²) in [7, 11) is 0. The molecular formula is C16H21F4N3O2. The maximum Gasteiger partial charge on any atom is 0.283 e. The Bertz CT molecular complexity index is 605. The number of nitrogens with zero attached hydrogens (tertiary/aromatic N) is 2. The van der Waals surface area contributed by atoms with E-state index >= 15 is 0 Å². The second-order valence-electron chi connectivity index (χ2n) is 6.33. The van der Waals surface area contributed by atoms with Crippen molar-refractivity contribution in [1.82, 2.24) is 15.3 Å². The zero-order valence-corrected chi connectivity index (χ0v) is 14.1. The van der Waals surface area contributed by atoms with Crippen molar-refractivity contribution in [2.75, 3.05) is 0 Å². The van der Waals surface area contributed by atoms with Gasteiger partial charge in [0.25, 0.3) is 5.92 Å². The van der Waals surface area contributed by atoms with E-state index in [4.69, 9.17) is 4.74 Å². The average molecular weight is 363 g/mol. The average Bonchev–Trinajstić information content (AvgIpc) is 2.51. The molecule has 9 heteroatoms. The molecule has 1 aromatic heterocycles. The van der Waals surface area contributed by atoms with E-state index < -0.39 is 17.9 Å². The molecule has 1 N–H and O–H groups in total. The van der Waals surface area contributed by atoms with Crippen molar-refractivity contribution in [3.63, 3.8) is 0 Å². The Morgan fingerprint density at radius 3 is 2.72 bits per heavy atom. The second-order valence-corrected chi connectivity index (χ2v) is 6.33. The van der Waals surface area contributed by atoms with Crippen LogP contribution in [0.1, 0.15) is 45.2 Å². The first kappa shape index (κ1) is 19.4. The fraction of sp³-hybridized carbons (Fsp3) is 0.688. The zero-order valence-electron chi connectivity index (χ0n) is 14.1. The molecule has 1 aromatic rings. The molecule has 1 atom stereocenters. The predicted molar refractivity (Wildman–Crippen MR) is 81.5 cm³/mol. The highest BCUT2D eigenvalue weighted by Crippen LogP contribution is 2.43. The van der Waals surface area contributed by atoms with Gasteiger partial charge in [0.1, 0.15) is 6.33 Å². The maximum atomic E-state index is 13.5. The molecule has 1 fully saturated rings. The van der Waals surface area contributed by atoms with E-state index in [0.29, 0.717) is 5.69 Å². The summed E-state index contributed by atoms with van der Waals surface area (Å²) in [6.07, 6.45) is -1.06. The van der Waals surface area contributed by atoms with Crippen LogP contribution >= 0.6 is 0 Å². The number of carbonyl (C=O) groups excluding carboxylic acids is 1. The van der Waals surface area contributed by atoms with E-state index in [1.165, 1.54) is 19.9 Å². The van der Waals surface area contributed by atoms with Gasteiger partial charge in [-0.05, 0) is 12.8 Å². The van der Waals surface area contributed by atoms with Crippen molar-refractivity contribution < 1.29 is 27.1 Å². The van der Waals surface area contributed by atoms with E-state index in [1.807, 2.05) is 0 Å². The van der Waals surface area contributed by atoms with Crippen LogP contribution in [0.5, 0.6) is 5.88 Å². The van der Waals surface area contributed by atoms with Gasteiger partial charge in [-0.3, -0.25) is 4.79 Å². The minimum atomic E-state index is -2.98. The van der Waals surface area contributed by atoms with Gasteiger partial charge in [0, 0.05) is 31.7 Å². The molecule has 1 saturated carbocycles. The molecule has 1 aliphatic rings. The third kappa shape index (κ3) is 5.54.